The number of sulfone groups is 1. The standard InChI is InChI=1S/C14H19ClFNO3S/c1-9(8-21(4,19)20)13(18)17-14(2,3)11-6-5-10(16)7-12(11)15/h5-7,9H,8H2,1-4H3,(H,17,18)/t9-/m0/s1. The molecule has 0 radical (unpaired) electrons. The summed E-state index contributed by atoms with van der Waals surface area (Å²) in [4.78, 5) is 12.1. The van der Waals surface area contributed by atoms with Gasteiger partial charge in [0.2, 0.25) is 5.91 Å². The number of amides is 1. The topological polar surface area (TPSA) is 63.2 Å². The van der Waals surface area contributed by atoms with E-state index in [9.17, 15) is 17.6 Å². The summed E-state index contributed by atoms with van der Waals surface area (Å²) in [6.07, 6.45) is 1.08. The lowest BCUT2D eigenvalue weighted by atomic mass is 9.93. The number of nitrogens with one attached hydrogen (secondary N) is 1. The Morgan fingerprint density at radius 2 is 2.00 bits per heavy atom. The van der Waals surface area contributed by atoms with Gasteiger partial charge in [0.15, 0.2) is 0 Å². The van der Waals surface area contributed by atoms with Crippen LogP contribution >= 0.6 is 11.6 Å². The molecule has 4 nitrogen and oxygen atoms in total. The molecule has 0 saturated carbocycles. The second-order valence-electron chi connectivity index (χ2n) is 5.73. The number of halogens is 2. The highest BCUT2D eigenvalue weighted by Crippen LogP contribution is 2.28. The third-order valence-corrected chi connectivity index (χ3v) is 4.46. The largest absolute Gasteiger partial charge is 0.347 e. The highest BCUT2D eigenvalue weighted by atomic mass is 35.5. The molecule has 0 saturated heterocycles. The number of carbonyl (C=O) groups excluding carboxylic acids is 1. The molecule has 0 spiro atoms. The van der Waals surface area contributed by atoms with Gasteiger partial charge in [0.25, 0.3) is 0 Å². The van der Waals surface area contributed by atoms with Gasteiger partial charge in [-0.3, -0.25) is 4.79 Å². The van der Waals surface area contributed by atoms with Crippen molar-refractivity contribution in [2.75, 3.05) is 12.0 Å². The van der Waals surface area contributed by atoms with Gasteiger partial charge in [-0.05, 0) is 31.5 Å². The fourth-order valence-corrected chi connectivity index (χ4v) is 3.49. The van der Waals surface area contributed by atoms with Crippen molar-refractivity contribution in [1.82, 2.24) is 5.32 Å². The van der Waals surface area contributed by atoms with Crippen LogP contribution in [0.1, 0.15) is 26.3 Å². The monoisotopic (exact) mass is 335 g/mol. The van der Waals surface area contributed by atoms with Crippen molar-refractivity contribution in [1.29, 1.82) is 0 Å². The molecule has 0 aliphatic rings. The highest BCUT2D eigenvalue weighted by Gasteiger charge is 2.28. The zero-order chi connectivity index (χ0) is 16.4. The van der Waals surface area contributed by atoms with E-state index >= 15 is 0 Å². The summed E-state index contributed by atoms with van der Waals surface area (Å²) < 4.78 is 35.5. The van der Waals surface area contributed by atoms with Crippen LogP contribution in [-0.2, 0) is 20.2 Å². The van der Waals surface area contributed by atoms with E-state index in [0.717, 1.165) is 6.26 Å². The molecule has 1 aromatic rings. The molecule has 7 heteroatoms. The van der Waals surface area contributed by atoms with Crippen LogP contribution < -0.4 is 5.32 Å². The molecule has 118 valence electrons. The maximum absolute atomic E-state index is 13.1. The van der Waals surface area contributed by atoms with E-state index in [1.807, 2.05) is 0 Å². The quantitative estimate of drug-likeness (QED) is 0.899. The van der Waals surface area contributed by atoms with E-state index < -0.39 is 33.0 Å². The van der Waals surface area contributed by atoms with Crippen molar-refractivity contribution in [3.05, 3.63) is 34.6 Å². The van der Waals surface area contributed by atoms with Crippen molar-refractivity contribution in [3.63, 3.8) is 0 Å². The molecular weight excluding hydrogens is 317 g/mol. The second kappa shape index (κ2) is 6.32. The van der Waals surface area contributed by atoms with Gasteiger partial charge in [0.05, 0.1) is 11.3 Å². The SMILES string of the molecule is C[C@@H](CS(C)(=O)=O)C(=O)NC(C)(C)c1ccc(F)cc1Cl. The van der Waals surface area contributed by atoms with Gasteiger partial charge in [0.1, 0.15) is 15.7 Å². The maximum atomic E-state index is 13.1. The van der Waals surface area contributed by atoms with E-state index in [2.05, 4.69) is 5.32 Å². The fourth-order valence-electron chi connectivity index (χ4n) is 2.02. The molecule has 0 aliphatic heterocycles. The lowest BCUT2D eigenvalue weighted by Crippen LogP contribution is -2.44. The van der Waals surface area contributed by atoms with Gasteiger partial charge in [-0.25, -0.2) is 12.8 Å². The van der Waals surface area contributed by atoms with Gasteiger partial charge >= 0.3 is 0 Å². The van der Waals surface area contributed by atoms with Crippen LogP contribution in [0.5, 0.6) is 0 Å². The van der Waals surface area contributed by atoms with E-state index in [-0.39, 0.29) is 10.8 Å². The highest BCUT2D eigenvalue weighted by molar-refractivity contribution is 7.90. The number of carbonyl (C=O) groups is 1. The summed E-state index contributed by atoms with van der Waals surface area (Å²) in [6, 6.07) is 3.93. The Bertz CT molecular complexity index is 644. The van der Waals surface area contributed by atoms with Crippen LogP contribution in [0.4, 0.5) is 4.39 Å². The molecule has 0 fully saturated rings. The number of hydrogen-bond donors (Lipinski definition) is 1. The van der Waals surface area contributed by atoms with E-state index in [1.54, 1.807) is 20.8 Å². The van der Waals surface area contributed by atoms with Gasteiger partial charge in [-0.2, -0.15) is 0 Å². The first kappa shape index (κ1) is 17.9. The smallest absolute Gasteiger partial charge is 0.224 e. The molecule has 0 unspecified atom stereocenters. The molecule has 1 aromatic carbocycles. The van der Waals surface area contributed by atoms with Crippen molar-refractivity contribution in [2.45, 2.75) is 26.3 Å². The average molecular weight is 336 g/mol. The molecule has 0 aliphatic carbocycles. The van der Waals surface area contributed by atoms with Gasteiger partial charge in [0, 0.05) is 17.2 Å². The number of benzene rings is 1. The molecule has 0 aromatic heterocycles. The zero-order valence-corrected chi connectivity index (χ0v) is 14.0. The Labute approximate surface area is 129 Å². The Balaban J connectivity index is 2.91. The molecule has 1 N–H and O–H groups in total. The molecular formula is C14H19ClFNO3S. The summed E-state index contributed by atoms with van der Waals surface area (Å²) in [6.45, 7) is 4.98. The minimum atomic E-state index is -3.24. The van der Waals surface area contributed by atoms with Crippen LogP contribution in [0.15, 0.2) is 18.2 Å². The summed E-state index contributed by atoms with van der Waals surface area (Å²) in [5.41, 5.74) is -0.279. The van der Waals surface area contributed by atoms with E-state index in [0.29, 0.717) is 5.56 Å². The van der Waals surface area contributed by atoms with Gasteiger partial charge in [-0.15, -0.1) is 0 Å². The Hall–Kier alpha value is -1.14. The number of rotatable bonds is 5. The second-order valence-corrected chi connectivity index (χ2v) is 8.32. The summed E-state index contributed by atoms with van der Waals surface area (Å²) in [5, 5.41) is 2.95. The van der Waals surface area contributed by atoms with Crippen molar-refractivity contribution in [2.24, 2.45) is 5.92 Å². The first-order chi connectivity index (χ1) is 9.42. The minimum Gasteiger partial charge on any atom is -0.347 e. The third kappa shape index (κ3) is 5.28. The third-order valence-electron chi connectivity index (χ3n) is 3.04. The van der Waals surface area contributed by atoms with Crippen LogP contribution in [0.2, 0.25) is 5.02 Å². The van der Waals surface area contributed by atoms with Crippen molar-refractivity contribution < 1.29 is 17.6 Å². The van der Waals surface area contributed by atoms with Crippen LogP contribution in [0.3, 0.4) is 0 Å². The first-order valence-corrected chi connectivity index (χ1v) is 8.81. The Morgan fingerprint density at radius 3 is 2.48 bits per heavy atom. The van der Waals surface area contributed by atoms with Crippen LogP contribution in [0, 0.1) is 11.7 Å². The van der Waals surface area contributed by atoms with Crippen molar-refractivity contribution in [3.8, 4) is 0 Å². The average Bonchev–Trinajstić information content (AvgIpc) is 2.24. The maximum Gasteiger partial charge on any atom is 0.224 e. The van der Waals surface area contributed by atoms with Gasteiger partial charge in [-0.1, -0.05) is 24.6 Å². The molecule has 1 atom stereocenters. The minimum absolute atomic E-state index is 0.205. The predicted octanol–water partition coefficient (Wildman–Crippen LogP) is 2.51. The zero-order valence-electron chi connectivity index (χ0n) is 12.4. The normalized spacial score (nSPS) is 13.8. The predicted molar refractivity (Wildman–Crippen MR) is 81.5 cm³/mol. The number of hydrogen-bond acceptors (Lipinski definition) is 3. The van der Waals surface area contributed by atoms with E-state index in [4.69, 9.17) is 11.6 Å². The first-order valence-electron chi connectivity index (χ1n) is 6.37. The van der Waals surface area contributed by atoms with Crippen LogP contribution in [-0.4, -0.2) is 26.3 Å². The lowest BCUT2D eigenvalue weighted by molar-refractivity contribution is -0.125. The molecule has 1 rings (SSSR count). The molecule has 0 heterocycles. The van der Waals surface area contributed by atoms with Crippen LogP contribution in [0.25, 0.3) is 0 Å². The Kier molecular flexibility index (Phi) is 5.39. The molecule has 0 bridgehead atoms. The van der Waals surface area contributed by atoms with Crippen molar-refractivity contribution >= 4 is 27.3 Å². The summed E-state index contributed by atoms with van der Waals surface area (Å²) >= 11 is 6.00. The Morgan fingerprint density at radius 1 is 1.43 bits per heavy atom. The summed E-state index contributed by atoms with van der Waals surface area (Å²) in [5.74, 6) is -1.77. The van der Waals surface area contributed by atoms with E-state index in [1.165, 1.54) is 18.2 Å². The van der Waals surface area contributed by atoms with Gasteiger partial charge < -0.3 is 5.32 Å². The molecule has 1 amide bonds. The fraction of sp³-hybridized carbons (Fsp3) is 0.500. The lowest BCUT2D eigenvalue weighted by Gasteiger charge is -2.29. The molecule has 21 heavy (non-hydrogen) atoms. The summed E-state index contributed by atoms with van der Waals surface area (Å²) in [7, 11) is -3.24.